The van der Waals surface area contributed by atoms with Gasteiger partial charge in [0.25, 0.3) is 0 Å². The van der Waals surface area contributed by atoms with Gasteiger partial charge in [0, 0.05) is 0 Å². The Labute approximate surface area is 242 Å². The van der Waals surface area contributed by atoms with Gasteiger partial charge < -0.3 is 0 Å². The van der Waals surface area contributed by atoms with Gasteiger partial charge in [0.2, 0.25) is 0 Å². The van der Waals surface area contributed by atoms with E-state index in [9.17, 15) is 0 Å². The van der Waals surface area contributed by atoms with Gasteiger partial charge >= 0.3 is 0 Å². The van der Waals surface area contributed by atoms with Crippen molar-refractivity contribution in [2.75, 3.05) is 11.5 Å². The van der Waals surface area contributed by atoms with Crippen molar-refractivity contribution >= 4 is 11.8 Å². The van der Waals surface area contributed by atoms with E-state index in [-0.39, 0.29) is 0 Å². The highest BCUT2D eigenvalue weighted by Gasteiger charge is 1.97. The summed E-state index contributed by atoms with van der Waals surface area (Å²) in [6.45, 7) is 4.62. The van der Waals surface area contributed by atoms with E-state index in [0.29, 0.717) is 0 Å². The first-order valence-electron chi connectivity index (χ1n) is 18.0. The molecule has 0 unspecified atom stereocenters. The lowest BCUT2D eigenvalue weighted by molar-refractivity contribution is 0.523. The molecule has 37 heavy (non-hydrogen) atoms. The van der Waals surface area contributed by atoms with Gasteiger partial charge in [-0.3, -0.25) is 0 Å². The molecule has 0 radical (unpaired) electrons. The normalized spacial score (nSPS) is 11.5. The number of thioether (sulfide) groups is 1. The molecule has 0 aliphatic carbocycles. The van der Waals surface area contributed by atoms with Gasteiger partial charge in [0.1, 0.15) is 0 Å². The van der Waals surface area contributed by atoms with E-state index in [2.05, 4.69) is 25.6 Å². The van der Waals surface area contributed by atoms with Crippen molar-refractivity contribution in [2.45, 2.75) is 219 Å². The number of unbranched alkanes of at least 4 members (excludes halogenated alkanes) is 30. The fraction of sp³-hybridized carbons (Fsp3) is 1.00. The van der Waals surface area contributed by atoms with Gasteiger partial charge in [-0.25, -0.2) is 0 Å². The van der Waals surface area contributed by atoms with Crippen LogP contribution in [0.1, 0.15) is 219 Å². The Hall–Kier alpha value is 0.350. The van der Waals surface area contributed by atoms with Gasteiger partial charge in [-0.05, 0) is 24.3 Å². The minimum absolute atomic E-state index is 1.37. The topological polar surface area (TPSA) is 0 Å². The van der Waals surface area contributed by atoms with Crippen LogP contribution in [-0.4, -0.2) is 11.5 Å². The Bertz CT molecular complexity index is 332. The van der Waals surface area contributed by atoms with Crippen molar-refractivity contribution < 1.29 is 0 Å². The van der Waals surface area contributed by atoms with Crippen LogP contribution in [0.15, 0.2) is 0 Å². The Morgan fingerprint density at radius 1 is 0.216 bits per heavy atom. The quantitative estimate of drug-likeness (QED) is 0.0734. The Morgan fingerprint density at radius 3 is 0.568 bits per heavy atom. The third-order valence-corrected chi connectivity index (χ3v) is 9.44. The van der Waals surface area contributed by atoms with E-state index in [1.807, 2.05) is 0 Å². The molecule has 0 saturated heterocycles. The van der Waals surface area contributed by atoms with Gasteiger partial charge in [-0.1, -0.05) is 206 Å². The largest absolute Gasteiger partial charge is 0.162 e. The lowest BCUT2D eigenvalue weighted by Gasteiger charge is -2.05. The molecule has 0 aliphatic heterocycles. The Balaban J connectivity index is 3.00. The Morgan fingerprint density at radius 2 is 0.378 bits per heavy atom. The zero-order valence-electron chi connectivity index (χ0n) is 26.4. The molecule has 0 aromatic rings. The molecule has 0 bridgehead atoms. The van der Waals surface area contributed by atoms with E-state index in [1.54, 1.807) is 0 Å². The molecule has 0 aromatic carbocycles. The van der Waals surface area contributed by atoms with Crippen molar-refractivity contribution in [3.63, 3.8) is 0 Å². The highest BCUT2D eigenvalue weighted by molar-refractivity contribution is 7.99. The van der Waals surface area contributed by atoms with Gasteiger partial charge in [0.05, 0.1) is 0 Å². The SMILES string of the molecule is CCCCCCCCCCCCCCCCCCCCCCSCCCCCCCCCCCCCC. The second-order valence-corrected chi connectivity index (χ2v) is 13.4. The molecule has 0 aliphatic rings. The summed E-state index contributed by atoms with van der Waals surface area (Å²) in [6, 6.07) is 0. The molecule has 0 N–H and O–H groups in total. The first kappa shape index (κ1) is 37.4. The van der Waals surface area contributed by atoms with Crippen molar-refractivity contribution in [1.82, 2.24) is 0 Å². The van der Waals surface area contributed by atoms with Crippen molar-refractivity contribution in [2.24, 2.45) is 0 Å². The molecule has 0 atom stereocenters. The number of rotatable bonds is 34. The standard InChI is InChI=1S/C36H74S/c1-3-5-7-9-11-13-15-17-18-19-20-21-22-23-24-26-28-30-32-34-36-37-35-33-31-29-27-25-16-14-12-10-8-6-4-2/h3-36H2,1-2H3. The monoisotopic (exact) mass is 539 g/mol. The molecule has 0 amide bonds. The first-order valence-corrected chi connectivity index (χ1v) is 19.1. The maximum Gasteiger partial charge on any atom is -0.00675 e. The third-order valence-electron chi connectivity index (χ3n) is 8.28. The van der Waals surface area contributed by atoms with Crippen molar-refractivity contribution in [3.8, 4) is 0 Å². The molecule has 224 valence electrons. The molecule has 0 rings (SSSR count). The summed E-state index contributed by atoms with van der Waals surface area (Å²) in [5, 5.41) is 0. The minimum atomic E-state index is 1.37. The van der Waals surface area contributed by atoms with E-state index in [4.69, 9.17) is 0 Å². The van der Waals surface area contributed by atoms with Crippen LogP contribution in [0.2, 0.25) is 0 Å². The van der Waals surface area contributed by atoms with E-state index in [1.165, 1.54) is 217 Å². The van der Waals surface area contributed by atoms with Crippen LogP contribution < -0.4 is 0 Å². The molecule has 1 heteroatoms. The van der Waals surface area contributed by atoms with Crippen LogP contribution in [0.5, 0.6) is 0 Å². The maximum absolute atomic E-state index is 2.31. The van der Waals surface area contributed by atoms with E-state index >= 15 is 0 Å². The molecule has 0 heterocycles. The predicted molar refractivity (Wildman–Crippen MR) is 176 cm³/mol. The second-order valence-electron chi connectivity index (χ2n) is 12.2. The Kier molecular flexibility index (Phi) is 36.7. The van der Waals surface area contributed by atoms with Crippen LogP contribution in [0.3, 0.4) is 0 Å². The van der Waals surface area contributed by atoms with Gasteiger partial charge in [-0.15, -0.1) is 0 Å². The fourth-order valence-corrected chi connectivity index (χ4v) is 6.63. The highest BCUT2D eigenvalue weighted by atomic mass is 32.2. The van der Waals surface area contributed by atoms with Crippen LogP contribution in [0.4, 0.5) is 0 Å². The van der Waals surface area contributed by atoms with Crippen LogP contribution >= 0.6 is 11.8 Å². The number of hydrogen-bond donors (Lipinski definition) is 0. The van der Waals surface area contributed by atoms with Gasteiger partial charge in [-0.2, -0.15) is 11.8 Å². The minimum Gasteiger partial charge on any atom is -0.162 e. The first-order chi connectivity index (χ1) is 18.4. The van der Waals surface area contributed by atoms with Crippen LogP contribution in [0, 0.1) is 0 Å². The molecule has 0 fully saturated rings. The molecule has 0 nitrogen and oxygen atoms in total. The average molecular weight is 539 g/mol. The summed E-state index contributed by atoms with van der Waals surface area (Å²) < 4.78 is 0. The molecule has 0 aromatic heterocycles. The molecular formula is C36H74S. The zero-order valence-corrected chi connectivity index (χ0v) is 27.3. The fourth-order valence-electron chi connectivity index (χ4n) is 5.61. The summed E-state index contributed by atoms with van der Waals surface area (Å²) in [6.07, 6.45) is 47.2. The van der Waals surface area contributed by atoms with Crippen molar-refractivity contribution in [1.29, 1.82) is 0 Å². The van der Waals surface area contributed by atoms with E-state index in [0.717, 1.165) is 0 Å². The van der Waals surface area contributed by atoms with Crippen LogP contribution in [0.25, 0.3) is 0 Å². The number of hydrogen-bond acceptors (Lipinski definition) is 1. The summed E-state index contributed by atoms with van der Waals surface area (Å²) in [4.78, 5) is 0. The summed E-state index contributed by atoms with van der Waals surface area (Å²) in [5.41, 5.74) is 0. The molecule has 0 saturated carbocycles. The summed E-state index contributed by atoms with van der Waals surface area (Å²) >= 11 is 2.22. The lowest BCUT2D eigenvalue weighted by Crippen LogP contribution is -1.87. The highest BCUT2D eigenvalue weighted by Crippen LogP contribution is 2.17. The third kappa shape index (κ3) is 36.4. The van der Waals surface area contributed by atoms with Gasteiger partial charge in [0.15, 0.2) is 0 Å². The molecule has 0 spiro atoms. The van der Waals surface area contributed by atoms with Crippen LogP contribution in [-0.2, 0) is 0 Å². The second kappa shape index (κ2) is 36.4. The zero-order chi connectivity index (χ0) is 26.7. The maximum atomic E-state index is 2.31. The lowest BCUT2D eigenvalue weighted by atomic mass is 10.0. The summed E-state index contributed by atoms with van der Waals surface area (Å²) in [7, 11) is 0. The summed E-state index contributed by atoms with van der Waals surface area (Å²) in [5.74, 6) is 2.83. The van der Waals surface area contributed by atoms with E-state index < -0.39 is 0 Å². The van der Waals surface area contributed by atoms with Crippen molar-refractivity contribution in [3.05, 3.63) is 0 Å². The average Bonchev–Trinajstić information content (AvgIpc) is 2.91. The predicted octanol–water partition coefficient (Wildman–Crippen LogP) is 14.2. The smallest absolute Gasteiger partial charge is 0.00675 e. The molecular weight excluding hydrogens is 464 g/mol.